The van der Waals surface area contributed by atoms with E-state index in [-0.39, 0.29) is 11.3 Å². The molecule has 0 aliphatic rings. The Labute approximate surface area is 172 Å². The molecule has 150 valence electrons. The van der Waals surface area contributed by atoms with E-state index in [0.717, 1.165) is 16.3 Å². The summed E-state index contributed by atoms with van der Waals surface area (Å²) >= 11 is 0. The Morgan fingerprint density at radius 2 is 1.67 bits per heavy atom. The fourth-order valence-corrected chi connectivity index (χ4v) is 3.94. The van der Waals surface area contributed by atoms with Crippen LogP contribution in [-0.2, 0) is 16.1 Å². The number of benzene rings is 3. The number of carbonyl (C=O) groups excluding carboxylic acids is 3. The van der Waals surface area contributed by atoms with Crippen molar-refractivity contribution in [1.29, 1.82) is 0 Å². The van der Waals surface area contributed by atoms with Gasteiger partial charge in [0.2, 0.25) is 0 Å². The smallest absolute Gasteiger partial charge is 0.308 e. The van der Waals surface area contributed by atoms with Crippen LogP contribution in [0.1, 0.15) is 28.5 Å². The maximum atomic E-state index is 12.7. The van der Waals surface area contributed by atoms with Gasteiger partial charge in [-0.05, 0) is 35.4 Å². The number of Topliss-reactive ketones (excluding diaryl/α,β-unsaturated/α-hetero) is 1. The number of esters is 1. The summed E-state index contributed by atoms with van der Waals surface area (Å²) in [5.41, 5.74) is 7.80. The Kier molecular flexibility index (Phi) is 4.83. The number of carbonyl (C=O) groups is 3. The second-order valence-corrected chi connectivity index (χ2v) is 7.12. The molecule has 3 aromatic carbocycles. The van der Waals surface area contributed by atoms with Gasteiger partial charge in [0.05, 0.1) is 16.5 Å². The molecule has 1 aromatic heterocycles. The highest BCUT2D eigenvalue weighted by Crippen LogP contribution is 2.35. The number of aromatic nitrogens is 1. The summed E-state index contributed by atoms with van der Waals surface area (Å²) in [6.07, 6.45) is 0. The van der Waals surface area contributed by atoms with Gasteiger partial charge in [0.25, 0.3) is 11.7 Å². The van der Waals surface area contributed by atoms with Crippen LogP contribution in [0.25, 0.3) is 21.7 Å². The Morgan fingerprint density at radius 1 is 0.967 bits per heavy atom. The van der Waals surface area contributed by atoms with Gasteiger partial charge >= 0.3 is 5.97 Å². The molecule has 1 amide bonds. The summed E-state index contributed by atoms with van der Waals surface area (Å²) in [5, 5.41) is 2.62. The molecular formula is C24H20N2O4. The average Bonchev–Trinajstić information content (AvgIpc) is 3.00. The summed E-state index contributed by atoms with van der Waals surface area (Å²) in [7, 11) is 0. The monoisotopic (exact) mass is 400 g/mol. The summed E-state index contributed by atoms with van der Waals surface area (Å²) in [5.74, 6) is -2.16. The molecule has 6 heteroatoms. The molecule has 0 bridgehead atoms. The zero-order valence-electron chi connectivity index (χ0n) is 16.6. The molecule has 1 heterocycles. The lowest BCUT2D eigenvalue weighted by molar-refractivity contribution is -0.131. The Hall–Kier alpha value is -3.93. The molecule has 0 aliphatic carbocycles. The van der Waals surface area contributed by atoms with Gasteiger partial charge in [-0.25, -0.2) is 0 Å². The molecule has 0 saturated carbocycles. The highest BCUT2D eigenvalue weighted by Gasteiger charge is 2.26. The molecule has 0 fully saturated rings. The third-order valence-corrected chi connectivity index (χ3v) is 5.22. The van der Waals surface area contributed by atoms with Crippen molar-refractivity contribution in [3.63, 3.8) is 0 Å². The lowest BCUT2D eigenvalue weighted by Gasteiger charge is -2.12. The first kappa shape index (κ1) is 19.4. The first-order valence-electron chi connectivity index (χ1n) is 9.49. The molecule has 2 N–H and O–H groups in total. The van der Waals surface area contributed by atoms with E-state index in [2.05, 4.69) is 0 Å². The molecule has 0 saturated heterocycles. The van der Waals surface area contributed by atoms with Crippen molar-refractivity contribution in [2.75, 3.05) is 0 Å². The van der Waals surface area contributed by atoms with Crippen molar-refractivity contribution in [3.8, 4) is 5.75 Å². The van der Waals surface area contributed by atoms with Crippen LogP contribution in [0.5, 0.6) is 5.75 Å². The van der Waals surface area contributed by atoms with Crippen LogP contribution in [0.3, 0.4) is 0 Å². The third-order valence-electron chi connectivity index (χ3n) is 5.22. The Bertz CT molecular complexity index is 1330. The quantitative estimate of drug-likeness (QED) is 0.239. The minimum absolute atomic E-state index is 0.162. The summed E-state index contributed by atoms with van der Waals surface area (Å²) < 4.78 is 7.27. The van der Waals surface area contributed by atoms with Gasteiger partial charge in [0, 0.05) is 19.2 Å². The molecule has 0 unspecified atom stereocenters. The maximum absolute atomic E-state index is 12.7. The summed E-state index contributed by atoms with van der Waals surface area (Å²) in [6, 6.07) is 19.3. The van der Waals surface area contributed by atoms with E-state index >= 15 is 0 Å². The van der Waals surface area contributed by atoms with E-state index in [1.54, 1.807) is 19.1 Å². The van der Waals surface area contributed by atoms with E-state index in [9.17, 15) is 14.4 Å². The molecule has 0 atom stereocenters. The number of ether oxygens (including phenoxy) is 1. The van der Waals surface area contributed by atoms with E-state index in [1.807, 2.05) is 53.1 Å². The van der Waals surface area contributed by atoms with Crippen molar-refractivity contribution < 1.29 is 19.1 Å². The standard InChI is InChI=1S/C24H20N2O4/c1-14-21(23(28)24(25)29)22-19(11-6-12-20(22)30-15(2)27)26(14)13-17-9-5-8-16-7-3-4-10-18(16)17/h3-12H,13H2,1-2H3,(H2,25,29). The topological polar surface area (TPSA) is 91.4 Å². The van der Waals surface area contributed by atoms with E-state index < -0.39 is 17.7 Å². The molecular weight excluding hydrogens is 380 g/mol. The van der Waals surface area contributed by atoms with E-state index in [1.165, 1.54) is 6.92 Å². The second-order valence-electron chi connectivity index (χ2n) is 7.12. The fourth-order valence-electron chi connectivity index (χ4n) is 3.94. The van der Waals surface area contributed by atoms with Crippen molar-refractivity contribution in [3.05, 3.63) is 77.5 Å². The molecule has 4 rings (SSSR count). The van der Waals surface area contributed by atoms with Gasteiger partial charge in [-0.1, -0.05) is 48.5 Å². The van der Waals surface area contributed by atoms with Crippen LogP contribution in [0.4, 0.5) is 0 Å². The van der Waals surface area contributed by atoms with Crippen molar-refractivity contribution in [2.45, 2.75) is 20.4 Å². The fraction of sp³-hybridized carbons (Fsp3) is 0.125. The maximum Gasteiger partial charge on any atom is 0.308 e. The normalized spacial score (nSPS) is 11.0. The van der Waals surface area contributed by atoms with Crippen LogP contribution < -0.4 is 10.5 Å². The number of amides is 1. The van der Waals surface area contributed by atoms with Crippen molar-refractivity contribution in [1.82, 2.24) is 4.57 Å². The van der Waals surface area contributed by atoms with E-state index in [4.69, 9.17) is 10.5 Å². The Balaban J connectivity index is 1.98. The van der Waals surface area contributed by atoms with Crippen LogP contribution in [-0.4, -0.2) is 22.2 Å². The van der Waals surface area contributed by atoms with Crippen molar-refractivity contribution in [2.24, 2.45) is 5.73 Å². The molecule has 0 spiro atoms. The van der Waals surface area contributed by atoms with Gasteiger partial charge in [-0.2, -0.15) is 0 Å². The number of hydrogen-bond acceptors (Lipinski definition) is 4. The highest BCUT2D eigenvalue weighted by atomic mass is 16.5. The number of primary amides is 1. The minimum atomic E-state index is -1.06. The number of hydrogen-bond donors (Lipinski definition) is 1. The molecule has 0 aliphatic heterocycles. The lowest BCUT2D eigenvalue weighted by atomic mass is 10.0. The minimum Gasteiger partial charge on any atom is -0.426 e. The van der Waals surface area contributed by atoms with Gasteiger partial charge in [-0.15, -0.1) is 0 Å². The van der Waals surface area contributed by atoms with Crippen LogP contribution in [0.15, 0.2) is 60.7 Å². The molecule has 6 nitrogen and oxygen atoms in total. The van der Waals surface area contributed by atoms with Crippen LogP contribution in [0.2, 0.25) is 0 Å². The largest absolute Gasteiger partial charge is 0.426 e. The number of ketones is 1. The summed E-state index contributed by atoms with van der Waals surface area (Å²) in [4.78, 5) is 36.0. The van der Waals surface area contributed by atoms with Gasteiger partial charge < -0.3 is 15.0 Å². The predicted molar refractivity (Wildman–Crippen MR) is 115 cm³/mol. The SMILES string of the molecule is CC(=O)Oc1cccc2c1c(C(=O)C(N)=O)c(C)n2Cc1cccc2ccccc12. The van der Waals surface area contributed by atoms with E-state index in [0.29, 0.717) is 23.1 Å². The second kappa shape index (κ2) is 7.48. The zero-order valence-corrected chi connectivity index (χ0v) is 16.6. The van der Waals surface area contributed by atoms with Gasteiger partial charge in [0.1, 0.15) is 5.75 Å². The number of fused-ring (bicyclic) bond motifs is 2. The zero-order chi connectivity index (χ0) is 21.4. The first-order chi connectivity index (χ1) is 14.4. The van der Waals surface area contributed by atoms with Crippen molar-refractivity contribution >= 4 is 39.3 Å². The average molecular weight is 400 g/mol. The first-order valence-corrected chi connectivity index (χ1v) is 9.49. The molecule has 30 heavy (non-hydrogen) atoms. The van der Waals surface area contributed by atoms with Crippen LogP contribution >= 0.6 is 0 Å². The number of rotatable bonds is 5. The predicted octanol–water partition coefficient (Wildman–Crippen LogP) is 3.74. The Morgan fingerprint density at radius 3 is 2.40 bits per heavy atom. The molecule has 4 aromatic rings. The van der Waals surface area contributed by atoms with Gasteiger partial charge in [0.15, 0.2) is 0 Å². The van der Waals surface area contributed by atoms with Gasteiger partial charge in [-0.3, -0.25) is 14.4 Å². The summed E-state index contributed by atoms with van der Waals surface area (Å²) in [6.45, 7) is 3.52. The highest BCUT2D eigenvalue weighted by molar-refractivity contribution is 6.45. The number of nitrogens with two attached hydrogens (primary N) is 1. The lowest BCUT2D eigenvalue weighted by Crippen LogP contribution is -2.24. The number of nitrogens with zero attached hydrogens (tertiary/aromatic N) is 1. The van der Waals surface area contributed by atoms with Crippen LogP contribution in [0, 0.1) is 6.92 Å². The molecule has 0 radical (unpaired) electrons. The third kappa shape index (κ3) is 3.22.